The Morgan fingerprint density at radius 3 is 2.60 bits per heavy atom. The summed E-state index contributed by atoms with van der Waals surface area (Å²) in [4.78, 5) is 14.6. The van der Waals surface area contributed by atoms with E-state index < -0.39 is 0 Å². The summed E-state index contributed by atoms with van der Waals surface area (Å²) in [5.41, 5.74) is 0.771. The van der Waals surface area contributed by atoms with Crippen LogP contribution in [0.2, 0.25) is 0 Å². The van der Waals surface area contributed by atoms with Crippen molar-refractivity contribution in [1.82, 2.24) is 0 Å². The quantitative estimate of drug-likeness (QED) is 0.431. The van der Waals surface area contributed by atoms with Crippen molar-refractivity contribution >= 4 is 12.0 Å². The third kappa shape index (κ3) is 3.17. The first-order chi connectivity index (χ1) is 4.72. The van der Waals surface area contributed by atoms with Gasteiger partial charge in [-0.2, -0.15) is 0 Å². The lowest BCUT2D eigenvalue weighted by atomic mass is 10.1. The maximum atomic E-state index is 10.9. The van der Waals surface area contributed by atoms with Gasteiger partial charge in [-0.15, -0.1) is 0 Å². The van der Waals surface area contributed by atoms with Gasteiger partial charge in [0.05, 0.1) is 0 Å². The van der Waals surface area contributed by atoms with Gasteiger partial charge < -0.3 is 0 Å². The molecule has 0 spiro atoms. The molecule has 0 saturated heterocycles. The second kappa shape index (κ2) is 4.91. The van der Waals surface area contributed by atoms with Crippen molar-refractivity contribution in [2.75, 3.05) is 7.05 Å². The van der Waals surface area contributed by atoms with E-state index in [4.69, 9.17) is 0 Å². The summed E-state index contributed by atoms with van der Waals surface area (Å²) >= 11 is 0. The summed E-state index contributed by atoms with van der Waals surface area (Å²) in [7, 11) is 1.68. The van der Waals surface area contributed by atoms with E-state index in [9.17, 15) is 4.79 Å². The van der Waals surface area contributed by atoms with Gasteiger partial charge in [-0.1, -0.05) is 6.92 Å². The number of allylic oxidation sites excluding steroid dienone is 2. The minimum absolute atomic E-state index is 0.180. The van der Waals surface area contributed by atoms with Crippen LogP contribution in [-0.2, 0) is 4.79 Å². The number of nitrogens with zero attached hydrogens (tertiary/aromatic N) is 1. The molecule has 2 heteroatoms. The number of carbonyl (C=O) groups excluding carboxylic acids is 1. The summed E-state index contributed by atoms with van der Waals surface area (Å²) in [6.45, 7) is 3.65. The molecular weight excluding hydrogens is 126 g/mol. The zero-order valence-electron chi connectivity index (χ0n) is 6.72. The van der Waals surface area contributed by atoms with Gasteiger partial charge in [0.2, 0.25) is 0 Å². The lowest BCUT2D eigenvalue weighted by molar-refractivity contribution is -0.115. The van der Waals surface area contributed by atoms with Gasteiger partial charge in [0.15, 0.2) is 5.78 Å². The standard InChI is InChI=1S/C8H13NO/c1-4-8(10)7(2)5-6-9-3/h5-6H,4H2,1-3H3/b7-5+,9-6?. The van der Waals surface area contributed by atoms with Gasteiger partial charge in [-0.3, -0.25) is 9.79 Å². The molecule has 0 radical (unpaired) electrons. The molecule has 0 atom stereocenters. The van der Waals surface area contributed by atoms with E-state index >= 15 is 0 Å². The first-order valence-electron chi connectivity index (χ1n) is 3.34. The molecule has 0 bridgehead atoms. The Hall–Kier alpha value is -0.920. The summed E-state index contributed by atoms with van der Waals surface area (Å²) in [5.74, 6) is 0.180. The van der Waals surface area contributed by atoms with E-state index in [2.05, 4.69) is 4.99 Å². The molecule has 0 aliphatic rings. The van der Waals surface area contributed by atoms with E-state index in [1.807, 2.05) is 6.92 Å². The lowest BCUT2D eigenvalue weighted by Gasteiger charge is -1.91. The van der Waals surface area contributed by atoms with Crippen LogP contribution in [0.5, 0.6) is 0 Å². The van der Waals surface area contributed by atoms with Crippen molar-refractivity contribution < 1.29 is 4.79 Å². The van der Waals surface area contributed by atoms with Gasteiger partial charge in [0, 0.05) is 19.7 Å². The number of hydrogen-bond acceptors (Lipinski definition) is 2. The summed E-state index contributed by atoms with van der Waals surface area (Å²) in [6.07, 6.45) is 3.93. The zero-order valence-corrected chi connectivity index (χ0v) is 6.72. The molecule has 0 aliphatic carbocycles. The highest BCUT2D eigenvalue weighted by atomic mass is 16.1. The Kier molecular flexibility index (Phi) is 4.46. The SMILES string of the molecule is CCC(=O)/C(C)=C/C=NC. The predicted molar refractivity (Wildman–Crippen MR) is 43.5 cm³/mol. The van der Waals surface area contributed by atoms with Gasteiger partial charge in [0.1, 0.15) is 0 Å². The fourth-order valence-corrected chi connectivity index (χ4v) is 0.558. The topological polar surface area (TPSA) is 29.4 Å². The van der Waals surface area contributed by atoms with Crippen molar-refractivity contribution in [3.8, 4) is 0 Å². The minimum Gasteiger partial charge on any atom is -0.297 e. The number of carbonyl (C=O) groups is 1. The van der Waals surface area contributed by atoms with Crippen LogP contribution in [-0.4, -0.2) is 19.0 Å². The maximum Gasteiger partial charge on any atom is 0.158 e. The van der Waals surface area contributed by atoms with Gasteiger partial charge >= 0.3 is 0 Å². The molecular formula is C8H13NO. The number of ketones is 1. The smallest absolute Gasteiger partial charge is 0.158 e. The fourth-order valence-electron chi connectivity index (χ4n) is 0.558. The maximum absolute atomic E-state index is 10.9. The molecule has 10 heavy (non-hydrogen) atoms. The monoisotopic (exact) mass is 139 g/mol. The summed E-state index contributed by atoms with van der Waals surface area (Å²) < 4.78 is 0. The van der Waals surface area contributed by atoms with Crippen LogP contribution in [0.3, 0.4) is 0 Å². The van der Waals surface area contributed by atoms with Crippen LogP contribution < -0.4 is 0 Å². The molecule has 0 rings (SSSR count). The molecule has 0 amide bonds. The molecule has 0 aliphatic heterocycles. The summed E-state index contributed by atoms with van der Waals surface area (Å²) in [6, 6.07) is 0. The average molecular weight is 139 g/mol. The first kappa shape index (κ1) is 9.08. The van der Waals surface area contributed by atoms with Crippen LogP contribution in [0, 0.1) is 0 Å². The Balaban J connectivity index is 4.05. The Morgan fingerprint density at radius 2 is 2.20 bits per heavy atom. The van der Waals surface area contributed by atoms with Crippen molar-refractivity contribution in [3.05, 3.63) is 11.6 Å². The number of rotatable bonds is 3. The minimum atomic E-state index is 0.180. The van der Waals surface area contributed by atoms with Gasteiger partial charge in [-0.25, -0.2) is 0 Å². The zero-order chi connectivity index (χ0) is 7.98. The summed E-state index contributed by atoms with van der Waals surface area (Å²) in [5, 5.41) is 0. The molecule has 0 heterocycles. The largest absolute Gasteiger partial charge is 0.297 e. The van der Waals surface area contributed by atoms with Crippen LogP contribution >= 0.6 is 0 Å². The van der Waals surface area contributed by atoms with Crippen LogP contribution in [0.15, 0.2) is 16.6 Å². The molecule has 0 aromatic rings. The predicted octanol–water partition coefficient (Wildman–Crippen LogP) is 1.61. The molecule has 56 valence electrons. The van der Waals surface area contributed by atoms with Crippen molar-refractivity contribution in [3.63, 3.8) is 0 Å². The van der Waals surface area contributed by atoms with Crippen LogP contribution in [0.1, 0.15) is 20.3 Å². The van der Waals surface area contributed by atoms with Crippen molar-refractivity contribution in [2.24, 2.45) is 4.99 Å². The van der Waals surface area contributed by atoms with Gasteiger partial charge in [-0.05, 0) is 18.6 Å². The lowest BCUT2D eigenvalue weighted by Crippen LogP contribution is -1.96. The van der Waals surface area contributed by atoms with Crippen molar-refractivity contribution in [2.45, 2.75) is 20.3 Å². The van der Waals surface area contributed by atoms with Crippen LogP contribution in [0.4, 0.5) is 0 Å². The normalized spacial score (nSPS) is 12.5. The molecule has 2 nitrogen and oxygen atoms in total. The second-order valence-electron chi connectivity index (χ2n) is 2.03. The van der Waals surface area contributed by atoms with Gasteiger partial charge in [0.25, 0.3) is 0 Å². The van der Waals surface area contributed by atoms with E-state index in [0.717, 1.165) is 5.57 Å². The molecule has 0 aromatic carbocycles. The van der Waals surface area contributed by atoms with E-state index in [-0.39, 0.29) is 5.78 Å². The number of aliphatic imine (C=N–C) groups is 1. The Bertz CT molecular complexity index is 168. The van der Waals surface area contributed by atoms with Crippen molar-refractivity contribution in [1.29, 1.82) is 0 Å². The molecule has 0 saturated carbocycles. The third-order valence-corrected chi connectivity index (χ3v) is 1.23. The molecule has 0 unspecified atom stereocenters. The van der Waals surface area contributed by atoms with E-state index in [0.29, 0.717) is 6.42 Å². The highest BCUT2D eigenvalue weighted by Crippen LogP contribution is 1.95. The second-order valence-corrected chi connectivity index (χ2v) is 2.03. The van der Waals surface area contributed by atoms with Crippen LogP contribution in [0.25, 0.3) is 0 Å². The molecule has 0 N–H and O–H groups in total. The molecule has 0 fully saturated rings. The average Bonchev–Trinajstić information content (AvgIpc) is 1.98. The van der Waals surface area contributed by atoms with E-state index in [1.54, 1.807) is 26.3 Å². The molecule has 0 aromatic heterocycles. The fraction of sp³-hybridized carbons (Fsp3) is 0.500. The van der Waals surface area contributed by atoms with E-state index in [1.165, 1.54) is 0 Å². The highest BCUT2D eigenvalue weighted by molar-refractivity contribution is 5.98. The Morgan fingerprint density at radius 1 is 1.60 bits per heavy atom. The Labute approximate surface area is 61.7 Å². The third-order valence-electron chi connectivity index (χ3n) is 1.23. The number of hydrogen-bond donors (Lipinski definition) is 0. The first-order valence-corrected chi connectivity index (χ1v) is 3.34. The highest BCUT2D eigenvalue weighted by Gasteiger charge is 1.97. The number of Topliss-reactive ketones (excluding diaryl/α,β-unsaturated/α-hetero) is 1.